The summed E-state index contributed by atoms with van der Waals surface area (Å²) >= 11 is 0. The molecule has 1 aromatic rings. The van der Waals surface area contributed by atoms with Gasteiger partial charge in [-0.05, 0) is 57.6 Å². The van der Waals surface area contributed by atoms with Gasteiger partial charge in [-0.15, -0.1) is 0 Å². The number of benzene rings is 1. The van der Waals surface area contributed by atoms with Gasteiger partial charge in [0.2, 0.25) is 5.91 Å². The lowest BCUT2D eigenvalue weighted by Crippen LogP contribution is -2.51. The second-order valence-corrected chi connectivity index (χ2v) is 11.5. The molecule has 3 fully saturated rings. The number of likely N-dealkylation sites (N-methyl/N-ethyl adjacent to an activating group) is 1. The number of hydrogen-bond donors (Lipinski definition) is 1. The number of amides is 5. The van der Waals surface area contributed by atoms with Gasteiger partial charge in [0.05, 0.1) is 17.4 Å². The van der Waals surface area contributed by atoms with Gasteiger partial charge >= 0.3 is 12.0 Å². The average Bonchev–Trinajstić information content (AvgIpc) is 3.52. The average molecular weight is 543 g/mol. The predicted octanol–water partition coefficient (Wildman–Crippen LogP) is 3.37. The summed E-state index contributed by atoms with van der Waals surface area (Å²) in [7, 11) is 1.55. The standard InChI is InChI=1S/C29H40N4O6/c1-29(2)27(37)33(28(38)31(29)3)19-23(24(34)30-39-26(36)21-14-6-4-7-15-21)22(18-20-12-8-9-13-20)25(35)32-16-10-5-11-17-32/h4,6-7,14-15,20,22-23H,5,8-13,16-19H2,1-3H3,(H,30,34)/t22-,23+/m1/s1/i27+2. The van der Waals surface area contributed by atoms with Crippen LogP contribution in [0.4, 0.5) is 4.79 Å². The van der Waals surface area contributed by atoms with Gasteiger partial charge in [0.15, 0.2) is 0 Å². The van der Waals surface area contributed by atoms with E-state index in [0.29, 0.717) is 19.5 Å². The van der Waals surface area contributed by atoms with E-state index >= 15 is 0 Å². The van der Waals surface area contributed by atoms with Crippen LogP contribution in [0.5, 0.6) is 0 Å². The number of carbonyl (C=O) groups is 5. The van der Waals surface area contributed by atoms with E-state index in [-0.39, 0.29) is 23.9 Å². The number of imide groups is 1. The molecule has 2 aliphatic heterocycles. The molecule has 212 valence electrons. The molecular weight excluding hydrogens is 502 g/mol. The number of hydrogen-bond acceptors (Lipinski definition) is 6. The van der Waals surface area contributed by atoms with Crippen LogP contribution in [0.1, 0.15) is 75.6 Å². The Bertz CT molecular complexity index is 1080. The largest absolute Gasteiger partial charge is 0.362 e. The summed E-state index contributed by atoms with van der Waals surface area (Å²) in [6.07, 6.45) is 7.41. The fourth-order valence-electron chi connectivity index (χ4n) is 5.93. The molecule has 0 radical (unpaired) electrons. The van der Waals surface area contributed by atoms with Crippen LogP contribution in [-0.4, -0.2) is 76.6 Å². The van der Waals surface area contributed by atoms with Gasteiger partial charge in [0, 0.05) is 26.7 Å². The number of piperidine rings is 1. The van der Waals surface area contributed by atoms with Crippen molar-refractivity contribution in [2.45, 2.75) is 70.8 Å². The Balaban J connectivity index is 1.62. The predicted molar refractivity (Wildman–Crippen MR) is 143 cm³/mol. The quantitative estimate of drug-likeness (QED) is 0.398. The van der Waals surface area contributed by atoms with Crippen LogP contribution in [0.15, 0.2) is 30.3 Å². The van der Waals surface area contributed by atoms with Crippen LogP contribution in [0, 0.1) is 17.8 Å². The molecular formula is C29H40N4O6. The summed E-state index contributed by atoms with van der Waals surface area (Å²) in [6.45, 7) is 4.28. The smallest absolute Gasteiger partial charge is 0.342 e. The second kappa shape index (κ2) is 12.2. The second-order valence-electron chi connectivity index (χ2n) is 11.5. The number of hydroxylamine groups is 1. The van der Waals surface area contributed by atoms with Gasteiger partial charge in [0.25, 0.3) is 11.8 Å². The van der Waals surface area contributed by atoms with Crippen LogP contribution >= 0.6 is 0 Å². The SMILES string of the molecule is CN1C(=O)N(C[C@H](C(=O)NOC(=O)c2ccccc2)[C@@H](CC2CCCC2)C(=O)N2CCCCC2)[14C](=O)C1(C)C. The fourth-order valence-corrected chi connectivity index (χ4v) is 5.93. The first kappa shape index (κ1) is 28.6. The van der Waals surface area contributed by atoms with Gasteiger partial charge in [-0.2, -0.15) is 5.48 Å². The van der Waals surface area contributed by atoms with Crippen LogP contribution < -0.4 is 5.48 Å². The zero-order valence-corrected chi connectivity index (χ0v) is 23.2. The van der Waals surface area contributed by atoms with Crippen molar-refractivity contribution in [1.82, 2.24) is 20.2 Å². The molecule has 2 saturated heterocycles. The summed E-state index contributed by atoms with van der Waals surface area (Å²) < 4.78 is 0. The van der Waals surface area contributed by atoms with Crippen molar-refractivity contribution in [2.24, 2.45) is 17.8 Å². The highest BCUT2D eigenvalue weighted by Gasteiger charge is 2.51. The maximum Gasteiger partial charge on any atom is 0.362 e. The molecule has 0 bridgehead atoms. The lowest BCUT2D eigenvalue weighted by atomic mass is 9.81. The van der Waals surface area contributed by atoms with Crippen molar-refractivity contribution in [1.29, 1.82) is 0 Å². The van der Waals surface area contributed by atoms with Crippen molar-refractivity contribution >= 4 is 29.7 Å². The Morgan fingerprint density at radius 3 is 2.26 bits per heavy atom. The molecule has 10 nitrogen and oxygen atoms in total. The van der Waals surface area contributed by atoms with Crippen molar-refractivity contribution in [2.75, 3.05) is 26.7 Å². The molecule has 39 heavy (non-hydrogen) atoms. The summed E-state index contributed by atoms with van der Waals surface area (Å²) in [4.78, 5) is 75.9. The molecule has 1 saturated carbocycles. The Labute approximate surface area is 230 Å². The highest BCUT2D eigenvalue weighted by Crippen LogP contribution is 2.36. The summed E-state index contributed by atoms with van der Waals surface area (Å²) in [5.41, 5.74) is 1.44. The minimum Gasteiger partial charge on any atom is -0.342 e. The summed E-state index contributed by atoms with van der Waals surface area (Å²) in [6, 6.07) is 7.72. The van der Waals surface area contributed by atoms with Gasteiger partial charge in [-0.25, -0.2) is 9.59 Å². The van der Waals surface area contributed by atoms with Crippen molar-refractivity contribution in [3.63, 3.8) is 0 Å². The van der Waals surface area contributed by atoms with Crippen LogP contribution in [0.3, 0.4) is 0 Å². The molecule has 5 amide bonds. The molecule has 1 N–H and O–H groups in total. The molecule has 0 aromatic heterocycles. The molecule has 2 heterocycles. The first-order chi connectivity index (χ1) is 18.6. The van der Waals surface area contributed by atoms with E-state index in [4.69, 9.17) is 4.84 Å². The maximum absolute atomic E-state index is 14.0. The third-order valence-electron chi connectivity index (χ3n) is 8.63. The first-order valence-electron chi connectivity index (χ1n) is 14.1. The van der Waals surface area contributed by atoms with Crippen LogP contribution in [-0.2, 0) is 19.2 Å². The van der Waals surface area contributed by atoms with Crippen molar-refractivity contribution in [3.05, 3.63) is 35.9 Å². The lowest BCUT2D eigenvalue weighted by molar-refractivity contribution is -0.148. The zero-order chi connectivity index (χ0) is 28.2. The first-order valence-corrected chi connectivity index (χ1v) is 14.1. The Hall–Kier alpha value is -3.43. The van der Waals surface area contributed by atoms with Gasteiger partial charge < -0.3 is 14.6 Å². The highest BCUT2D eigenvalue weighted by atomic mass is 16.7. The fraction of sp³-hybridized carbons (Fsp3) is 0.621. The van der Waals surface area contributed by atoms with Crippen molar-refractivity contribution in [3.8, 4) is 0 Å². The molecule has 1 aromatic carbocycles. The van der Waals surface area contributed by atoms with Crippen LogP contribution in [0.2, 0.25) is 0 Å². The van der Waals surface area contributed by atoms with E-state index in [1.54, 1.807) is 51.2 Å². The lowest BCUT2D eigenvalue weighted by Gasteiger charge is -2.35. The zero-order valence-electron chi connectivity index (χ0n) is 23.2. The minimum atomic E-state index is -1.07. The highest BCUT2D eigenvalue weighted by molar-refractivity contribution is 6.06. The topological polar surface area (TPSA) is 116 Å². The molecule has 0 spiro atoms. The number of likely N-dealkylation sites (tertiary alicyclic amines) is 1. The Kier molecular flexibility index (Phi) is 8.92. The van der Waals surface area contributed by atoms with Gasteiger partial charge in [0.1, 0.15) is 5.54 Å². The van der Waals surface area contributed by atoms with Crippen LogP contribution in [0.25, 0.3) is 0 Å². The minimum absolute atomic E-state index is 0.136. The normalized spacial score (nSPS) is 21.2. The third-order valence-corrected chi connectivity index (χ3v) is 8.63. The van der Waals surface area contributed by atoms with E-state index < -0.39 is 41.2 Å². The summed E-state index contributed by atoms with van der Waals surface area (Å²) in [5, 5.41) is 0. The van der Waals surface area contributed by atoms with E-state index in [2.05, 4.69) is 5.48 Å². The van der Waals surface area contributed by atoms with Crippen molar-refractivity contribution < 1.29 is 28.8 Å². The molecule has 0 unspecified atom stereocenters. The van der Waals surface area contributed by atoms with Gasteiger partial charge in [-0.3, -0.25) is 19.3 Å². The van der Waals surface area contributed by atoms with E-state index in [9.17, 15) is 24.0 Å². The Morgan fingerprint density at radius 1 is 1.03 bits per heavy atom. The number of nitrogens with zero attached hydrogens (tertiary/aromatic N) is 3. The van der Waals surface area contributed by atoms with E-state index in [0.717, 1.165) is 49.8 Å². The number of nitrogens with one attached hydrogen (secondary N) is 1. The Morgan fingerprint density at radius 2 is 1.67 bits per heavy atom. The number of rotatable bonds is 8. The monoisotopic (exact) mass is 542 g/mol. The van der Waals surface area contributed by atoms with Gasteiger partial charge in [-0.1, -0.05) is 43.9 Å². The van der Waals surface area contributed by atoms with E-state index in [1.807, 2.05) is 4.90 Å². The van der Waals surface area contributed by atoms with E-state index in [1.165, 1.54) is 4.90 Å². The molecule has 10 heteroatoms. The molecule has 2 atom stereocenters. The molecule has 3 aliphatic rings. The third kappa shape index (κ3) is 6.25. The molecule has 1 aliphatic carbocycles. The number of urea groups is 1. The maximum atomic E-state index is 14.0. The summed E-state index contributed by atoms with van der Waals surface area (Å²) in [5.74, 6) is -3.56. The molecule has 4 rings (SSSR count). The number of carbonyl (C=O) groups excluding carboxylic acids is 5.